The number of nitrogens with one attached hydrogen (secondary N) is 1. The lowest BCUT2D eigenvalue weighted by molar-refractivity contribution is 0.0929. The molecule has 0 unspecified atom stereocenters. The quantitative estimate of drug-likeness (QED) is 0.672. The monoisotopic (exact) mass is 418 g/mol. The van der Waals surface area contributed by atoms with E-state index in [0.717, 1.165) is 49.1 Å². The molecule has 2 aliphatic rings. The first kappa shape index (κ1) is 19.6. The van der Waals surface area contributed by atoms with Gasteiger partial charge in [0.15, 0.2) is 5.75 Å². The summed E-state index contributed by atoms with van der Waals surface area (Å²) < 4.78 is 19.3. The van der Waals surface area contributed by atoms with Crippen LogP contribution in [0.15, 0.2) is 48.8 Å². The average Bonchev–Trinajstić information content (AvgIpc) is 3.56. The van der Waals surface area contributed by atoms with E-state index in [0.29, 0.717) is 17.1 Å². The second-order valence-electron chi connectivity index (χ2n) is 8.24. The molecule has 1 aromatic carbocycles. The summed E-state index contributed by atoms with van der Waals surface area (Å²) in [6, 6.07) is 9.65. The summed E-state index contributed by atoms with van der Waals surface area (Å²) in [5.41, 5.74) is 2.97. The zero-order valence-corrected chi connectivity index (χ0v) is 17.3. The van der Waals surface area contributed by atoms with E-state index >= 15 is 0 Å². The Labute approximate surface area is 179 Å². The second-order valence-corrected chi connectivity index (χ2v) is 8.24. The third kappa shape index (κ3) is 4.00. The molecule has 1 saturated carbocycles. The van der Waals surface area contributed by atoms with Gasteiger partial charge >= 0.3 is 0 Å². The summed E-state index contributed by atoms with van der Waals surface area (Å²) in [5.74, 6) is 0.790. The number of fused-ring (bicyclic) bond motifs is 1. The summed E-state index contributed by atoms with van der Waals surface area (Å²) in [6.07, 6.45) is 7.77. The van der Waals surface area contributed by atoms with E-state index in [4.69, 9.17) is 9.72 Å². The molecule has 0 radical (unpaired) electrons. The Balaban J connectivity index is 1.35. The van der Waals surface area contributed by atoms with Crippen LogP contribution in [-0.4, -0.2) is 20.9 Å². The first-order valence-electron chi connectivity index (χ1n) is 10.6. The van der Waals surface area contributed by atoms with Gasteiger partial charge in [-0.05, 0) is 69.4 Å². The minimum atomic E-state index is -0.445. The van der Waals surface area contributed by atoms with Crippen molar-refractivity contribution in [2.45, 2.75) is 50.7 Å². The fourth-order valence-electron chi connectivity index (χ4n) is 4.07. The van der Waals surface area contributed by atoms with Crippen LogP contribution in [0.3, 0.4) is 0 Å². The lowest BCUT2D eigenvalue weighted by atomic mass is 9.92. The highest BCUT2D eigenvalue weighted by atomic mass is 19.1. The van der Waals surface area contributed by atoms with Crippen molar-refractivity contribution < 1.29 is 13.9 Å². The van der Waals surface area contributed by atoms with Crippen LogP contribution in [-0.2, 0) is 12.0 Å². The molecular formula is C24H23FN4O2. The molecule has 31 heavy (non-hydrogen) atoms. The number of hydrogen-bond acceptors (Lipinski definition) is 5. The zero-order valence-electron chi connectivity index (χ0n) is 17.3. The van der Waals surface area contributed by atoms with Crippen molar-refractivity contribution in [2.24, 2.45) is 0 Å². The van der Waals surface area contributed by atoms with Crippen molar-refractivity contribution in [3.63, 3.8) is 0 Å². The van der Waals surface area contributed by atoms with Crippen LogP contribution in [0.2, 0.25) is 0 Å². The average molecular weight is 418 g/mol. The Kier molecular flexibility index (Phi) is 4.88. The minimum absolute atomic E-state index is 0.0828. The van der Waals surface area contributed by atoms with Gasteiger partial charge in [-0.2, -0.15) is 0 Å². The molecule has 1 N–H and O–H groups in total. The first-order chi connectivity index (χ1) is 15.0. The van der Waals surface area contributed by atoms with Gasteiger partial charge in [0.2, 0.25) is 0 Å². The normalized spacial score (nSPS) is 18.7. The Hall–Kier alpha value is -3.35. The van der Waals surface area contributed by atoms with E-state index in [2.05, 4.69) is 21.4 Å². The minimum Gasteiger partial charge on any atom is -0.482 e. The van der Waals surface area contributed by atoms with Gasteiger partial charge in [-0.25, -0.2) is 14.4 Å². The molecule has 0 aliphatic heterocycles. The summed E-state index contributed by atoms with van der Waals surface area (Å²) in [4.78, 5) is 26.0. The first-order valence-corrected chi connectivity index (χ1v) is 10.6. The third-order valence-electron chi connectivity index (χ3n) is 5.97. The number of pyridine rings is 1. The summed E-state index contributed by atoms with van der Waals surface area (Å²) in [5, 5.41) is 3.11. The molecule has 1 atom stereocenters. The maximum absolute atomic E-state index is 13.2. The molecule has 1 fully saturated rings. The van der Waals surface area contributed by atoms with Gasteiger partial charge in [0.05, 0.1) is 23.6 Å². The Morgan fingerprint density at radius 3 is 2.58 bits per heavy atom. The van der Waals surface area contributed by atoms with Gasteiger partial charge in [0, 0.05) is 16.8 Å². The van der Waals surface area contributed by atoms with Crippen LogP contribution >= 0.6 is 0 Å². The van der Waals surface area contributed by atoms with Gasteiger partial charge in [-0.3, -0.25) is 9.78 Å². The number of rotatable bonds is 5. The van der Waals surface area contributed by atoms with Crippen molar-refractivity contribution in [3.8, 4) is 5.75 Å². The van der Waals surface area contributed by atoms with Crippen molar-refractivity contribution in [1.29, 1.82) is 0 Å². The number of nitrogens with zero attached hydrogens (tertiary/aromatic N) is 3. The molecule has 5 rings (SSSR count). The van der Waals surface area contributed by atoms with Crippen LogP contribution in [0.25, 0.3) is 0 Å². The maximum atomic E-state index is 13.2. The van der Waals surface area contributed by atoms with E-state index < -0.39 is 5.54 Å². The number of carbonyl (C=O) groups is 1. The standard InChI is InChI=1S/C24H23FN4O2/c1-15-26-13-18(14-27-15)31-21-4-2-3-20-19(21)9-10-22(28-20)24(11-12-24)29-23(30)16-5-7-17(25)8-6-16/h5-10,13-14,21H,2-4,11-12H2,1H3,(H,29,30)/t21-/m1/s1. The Bertz CT molecular complexity index is 1110. The molecule has 7 heteroatoms. The topological polar surface area (TPSA) is 77.0 Å². The number of benzene rings is 1. The van der Waals surface area contributed by atoms with E-state index in [-0.39, 0.29) is 17.8 Å². The highest BCUT2D eigenvalue weighted by Gasteiger charge is 2.47. The molecule has 0 bridgehead atoms. The van der Waals surface area contributed by atoms with Gasteiger partial charge in [0.1, 0.15) is 17.7 Å². The molecule has 0 spiro atoms. The summed E-state index contributed by atoms with van der Waals surface area (Å²) in [7, 11) is 0. The Morgan fingerprint density at radius 1 is 1.13 bits per heavy atom. The lowest BCUT2D eigenvalue weighted by Crippen LogP contribution is -2.36. The molecule has 2 aromatic heterocycles. The summed E-state index contributed by atoms with van der Waals surface area (Å²) >= 11 is 0. The van der Waals surface area contributed by atoms with Crippen molar-refractivity contribution in [3.05, 3.63) is 82.9 Å². The van der Waals surface area contributed by atoms with Crippen LogP contribution in [0.5, 0.6) is 5.75 Å². The molecule has 2 aliphatic carbocycles. The van der Waals surface area contributed by atoms with E-state index in [1.54, 1.807) is 12.4 Å². The number of carbonyl (C=O) groups excluding carboxylic acids is 1. The predicted octanol–water partition coefficient (Wildman–Crippen LogP) is 4.19. The second kappa shape index (κ2) is 7.72. The number of aryl methyl sites for hydroxylation is 2. The molecule has 2 heterocycles. The number of amides is 1. The van der Waals surface area contributed by atoms with Crippen molar-refractivity contribution >= 4 is 5.91 Å². The fourth-order valence-corrected chi connectivity index (χ4v) is 4.07. The van der Waals surface area contributed by atoms with Gasteiger partial charge in [-0.15, -0.1) is 0 Å². The fraction of sp³-hybridized carbons (Fsp3) is 0.333. The number of aromatic nitrogens is 3. The van der Waals surface area contributed by atoms with E-state index in [9.17, 15) is 9.18 Å². The molecule has 1 amide bonds. The van der Waals surface area contributed by atoms with Crippen LogP contribution in [0.1, 0.15) is 64.9 Å². The van der Waals surface area contributed by atoms with Crippen LogP contribution in [0, 0.1) is 12.7 Å². The van der Waals surface area contributed by atoms with Crippen molar-refractivity contribution in [2.75, 3.05) is 0 Å². The molecule has 0 saturated heterocycles. The van der Waals surface area contributed by atoms with Gasteiger partial charge in [0.25, 0.3) is 5.91 Å². The van der Waals surface area contributed by atoms with Crippen molar-refractivity contribution in [1.82, 2.24) is 20.3 Å². The van der Waals surface area contributed by atoms with E-state index in [1.807, 2.05) is 13.0 Å². The number of hydrogen-bond donors (Lipinski definition) is 1. The number of ether oxygens (including phenoxy) is 1. The van der Waals surface area contributed by atoms with Crippen LogP contribution < -0.4 is 10.1 Å². The zero-order chi connectivity index (χ0) is 21.4. The lowest BCUT2D eigenvalue weighted by Gasteiger charge is -2.27. The molecule has 6 nitrogen and oxygen atoms in total. The molecular weight excluding hydrogens is 395 g/mol. The Morgan fingerprint density at radius 2 is 1.87 bits per heavy atom. The van der Waals surface area contributed by atoms with Gasteiger partial charge in [-0.1, -0.05) is 6.07 Å². The maximum Gasteiger partial charge on any atom is 0.252 e. The predicted molar refractivity (Wildman–Crippen MR) is 112 cm³/mol. The molecule has 3 aromatic rings. The summed E-state index contributed by atoms with van der Waals surface area (Å²) in [6.45, 7) is 1.84. The number of halogens is 1. The van der Waals surface area contributed by atoms with E-state index in [1.165, 1.54) is 24.3 Å². The van der Waals surface area contributed by atoms with Crippen LogP contribution in [0.4, 0.5) is 4.39 Å². The van der Waals surface area contributed by atoms with Gasteiger partial charge < -0.3 is 10.1 Å². The highest BCUT2D eigenvalue weighted by molar-refractivity contribution is 5.95. The third-order valence-corrected chi connectivity index (χ3v) is 5.97. The molecule has 158 valence electrons. The smallest absolute Gasteiger partial charge is 0.252 e. The highest BCUT2D eigenvalue weighted by Crippen LogP contribution is 2.46. The largest absolute Gasteiger partial charge is 0.482 e. The SMILES string of the molecule is Cc1ncc(O[C@@H]2CCCc3nc(C4(NC(=O)c5ccc(F)cc5)CC4)ccc32)cn1.